The number of hydrogen-bond donors (Lipinski definition) is 0. The highest BCUT2D eigenvalue weighted by atomic mass is 32.2. The van der Waals surface area contributed by atoms with Crippen molar-refractivity contribution in [3.8, 4) is 0 Å². The van der Waals surface area contributed by atoms with Crippen molar-refractivity contribution >= 4 is 23.9 Å². The van der Waals surface area contributed by atoms with Gasteiger partial charge in [0.05, 0.1) is 13.2 Å². The first-order valence-electron chi connectivity index (χ1n) is 4.10. The molecule has 0 aromatic carbocycles. The molecule has 1 aliphatic heterocycles. The van der Waals surface area contributed by atoms with Gasteiger partial charge in [-0.1, -0.05) is 0 Å². The van der Waals surface area contributed by atoms with Crippen LogP contribution in [0.3, 0.4) is 0 Å². The Morgan fingerprint density at radius 2 is 1.92 bits per heavy atom. The van der Waals surface area contributed by atoms with E-state index in [1.165, 1.54) is 13.3 Å². The Morgan fingerprint density at radius 3 is 2.38 bits per heavy atom. The Hall–Kier alpha value is 0.170. The predicted molar refractivity (Wildman–Crippen MR) is 54.8 cm³/mol. The summed E-state index contributed by atoms with van der Waals surface area (Å²) in [5, 5.41) is 0. The Morgan fingerprint density at radius 1 is 1.38 bits per heavy atom. The molecule has 0 aromatic rings. The fourth-order valence-corrected chi connectivity index (χ4v) is 2.53. The second kappa shape index (κ2) is 4.60. The fourth-order valence-electron chi connectivity index (χ4n) is 0.847. The summed E-state index contributed by atoms with van der Waals surface area (Å²) in [6.45, 7) is 5.77. The van der Waals surface area contributed by atoms with Crippen molar-refractivity contribution < 1.29 is 14.1 Å². The highest BCUT2D eigenvalue weighted by Gasteiger charge is 2.24. The fraction of sp³-hybridized carbons (Fsp3) is 0.857. The van der Waals surface area contributed by atoms with Crippen LogP contribution in [0.25, 0.3) is 0 Å². The molecule has 13 heavy (non-hydrogen) atoms. The van der Waals surface area contributed by atoms with Crippen molar-refractivity contribution in [2.75, 3.05) is 39.6 Å². The number of rotatable bonds is 2. The molecule has 0 spiro atoms. The van der Waals surface area contributed by atoms with Gasteiger partial charge >= 0.3 is 0 Å². The van der Waals surface area contributed by atoms with Crippen LogP contribution in [-0.2, 0) is 9.30 Å². The molecule has 1 heterocycles. The van der Waals surface area contributed by atoms with E-state index < -0.39 is 7.14 Å². The molecule has 0 unspecified atom stereocenters. The predicted octanol–water partition coefficient (Wildman–Crippen LogP) is 1.71. The molecular formula is C7H14NO3PS. The molecule has 0 N–H and O–H groups in total. The van der Waals surface area contributed by atoms with Gasteiger partial charge in [-0.25, -0.2) is 4.31 Å². The van der Waals surface area contributed by atoms with E-state index in [0.29, 0.717) is 13.2 Å². The zero-order valence-electron chi connectivity index (χ0n) is 7.86. The molecule has 0 atom stereocenters. The van der Waals surface area contributed by atoms with Crippen LogP contribution in [-0.4, -0.2) is 48.8 Å². The van der Waals surface area contributed by atoms with Gasteiger partial charge in [0.1, 0.15) is 0 Å². The minimum atomic E-state index is -2.58. The maximum absolute atomic E-state index is 11.4. The van der Waals surface area contributed by atoms with Crippen molar-refractivity contribution in [3.63, 3.8) is 0 Å². The normalized spacial score (nSPS) is 20.2. The van der Waals surface area contributed by atoms with Crippen LogP contribution in [0, 0.1) is 0 Å². The first-order chi connectivity index (χ1) is 6.00. The maximum Gasteiger partial charge on any atom is 0.261 e. The summed E-state index contributed by atoms with van der Waals surface area (Å²) in [4.78, 5) is 11.1. The lowest BCUT2D eigenvalue weighted by Gasteiger charge is -2.24. The van der Waals surface area contributed by atoms with Crippen LogP contribution in [0.4, 0.5) is 4.79 Å². The van der Waals surface area contributed by atoms with Crippen molar-refractivity contribution in [1.82, 2.24) is 4.31 Å². The quantitative estimate of drug-likeness (QED) is 0.526. The molecule has 0 bridgehead atoms. The molecule has 0 saturated carbocycles. The Labute approximate surface area is 82.5 Å². The number of nitrogens with zero attached hydrogens (tertiary/aromatic N) is 1. The number of carbonyl (C=O) groups excluding carboxylic acids is 1. The average Bonchev–Trinajstić information content (AvgIpc) is 2.04. The first-order valence-corrected chi connectivity index (χ1v) is 7.48. The van der Waals surface area contributed by atoms with E-state index in [9.17, 15) is 9.36 Å². The van der Waals surface area contributed by atoms with Gasteiger partial charge in [-0.05, 0) is 13.3 Å². The van der Waals surface area contributed by atoms with Crippen LogP contribution in [0.15, 0.2) is 0 Å². The van der Waals surface area contributed by atoms with Gasteiger partial charge in [-0.2, -0.15) is 0 Å². The van der Waals surface area contributed by atoms with E-state index in [2.05, 4.69) is 0 Å². The van der Waals surface area contributed by atoms with Gasteiger partial charge in [-0.3, -0.25) is 4.79 Å². The summed E-state index contributed by atoms with van der Waals surface area (Å²) in [6.07, 6.45) is 0. The zero-order chi connectivity index (χ0) is 9.90. The van der Waals surface area contributed by atoms with Gasteiger partial charge in [0, 0.05) is 25.0 Å². The number of hydrogen-bond acceptors (Lipinski definition) is 5. The number of carbonyl (C=O) groups is 1. The second-order valence-electron chi connectivity index (χ2n) is 3.25. The lowest BCUT2D eigenvalue weighted by Crippen LogP contribution is -2.31. The molecule has 6 heteroatoms. The molecule has 76 valence electrons. The van der Waals surface area contributed by atoms with Crippen molar-refractivity contribution in [2.45, 2.75) is 0 Å². The third-order valence-electron chi connectivity index (χ3n) is 1.62. The van der Waals surface area contributed by atoms with Crippen molar-refractivity contribution in [2.24, 2.45) is 0 Å². The smallest absolute Gasteiger partial charge is 0.261 e. The minimum Gasteiger partial charge on any atom is -0.379 e. The van der Waals surface area contributed by atoms with E-state index in [1.54, 1.807) is 0 Å². The van der Waals surface area contributed by atoms with E-state index in [1.807, 2.05) is 4.31 Å². The van der Waals surface area contributed by atoms with Crippen LogP contribution >= 0.6 is 19.1 Å². The van der Waals surface area contributed by atoms with Crippen LogP contribution < -0.4 is 0 Å². The van der Waals surface area contributed by atoms with Gasteiger partial charge in [0.2, 0.25) is 0 Å². The molecule has 1 fully saturated rings. The van der Waals surface area contributed by atoms with Crippen molar-refractivity contribution in [1.29, 1.82) is 0 Å². The standard InChI is InChI=1S/C7H14NO3PS/c1-12(2,10)7(9)13-8-3-5-11-6-4-8/h3-6H2,1-2H3. The molecular weight excluding hydrogens is 209 g/mol. The van der Waals surface area contributed by atoms with E-state index >= 15 is 0 Å². The van der Waals surface area contributed by atoms with Crippen LogP contribution in [0.1, 0.15) is 0 Å². The SMILES string of the molecule is CP(C)(=O)C(=O)SN1CCOCC1. The zero-order valence-corrected chi connectivity index (χ0v) is 9.57. The topological polar surface area (TPSA) is 46.6 Å². The summed E-state index contributed by atoms with van der Waals surface area (Å²) in [5.74, 6) is 0. The Bertz CT molecular complexity index is 234. The van der Waals surface area contributed by atoms with E-state index in [0.717, 1.165) is 25.0 Å². The molecule has 1 saturated heterocycles. The van der Waals surface area contributed by atoms with Crippen molar-refractivity contribution in [3.05, 3.63) is 0 Å². The highest BCUT2D eigenvalue weighted by Crippen LogP contribution is 2.43. The van der Waals surface area contributed by atoms with E-state index in [-0.39, 0.29) is 4.86 Å². The molecule has 0 amide bonds. The second-order valence-corrected chi connectivity index (χ2v) is 7.73. The number of morpholine rings is 1. The summed E-state index contributed by atoms with van der Waals surface area (Å²) in [5.41, 5.74) is 0. The maximum atomic E-state index is 11.4. The molecule has 0 aliphatic carbocycles. The van der Waals surface area contributed by atoms with Gasteiger partial charge in [0.15, 0.2) is 7.14 Å². The summed E-state index contributed by atoms with van der Waals surface area (Å²) >= 11 is 1.08. The first kappa shape index (κ1) is 11.2. The monoisotopic (exact) mass is 223 g/mol. The van der Waals surface area contributed by atoms with Crippen LogP contribution in [0.2, 0.25) is 0 Å². The molecule has 4 nitrogen and oxygen atoms in total. The molecule has 1 aliphatic rings. The van der Waals surface area contributed by atoms with E-state index in [4.69, 9.17) is 4.74 Å². The highest BCUT2D eigenvalue weighted by molar-refractivity contribution is 8.25. The summed E-state index contributed by atoms with van der Waals surface area (Å²) in [7, 11) is -2.58. The van der Waals surface area contributed by atoms with Gasteiger partial charge < -0.3 is 9.30 Å². The average molecular weight is 223 g/mol. The summed E-state index contributed by atoms with van der Waals surface area (Å²) < 4.78 is 18.4. The molecule has 0 aromatic heterocycles. The third-order valence-corrected chi connectivity index (χ3v) is 4.84. The minimum absolute atomic E-state index is 0.214. The summed E-state index contributed by atoms with van der Waals surface area (Å²) in [6, 6.07) is 0. The Kier molecular flexibility index (Phi) is 3.98. The Balaban J connectivity index is 2.39. The molecule has 1 rings (SSSR count). The largest absolute Gasteiger partial charge is 0.379 e. The lowest BCUT2D eigenvalue weighted by molar-refractivity contribution is 0.0776. The number of ether oxygens (including phenoxy) is 1. The lowest BCUT2D eigenvalue weighted by atomic mass is 10.5. The van der Waals surface area contributed by atoms with Gasteiger partial charge in [0.25, 0.3) is 4.86 Å². The van der Waals surface area contributed by atoms with Gasteiger partial charge in [-0.15, -0.1) is 0 Å². The van der Waals surface area contributed by atoms with Crippen LogP contribution in [0.5, 0.6) is 0 Å². The molecule has 0 radical (unpaired) electrons. The third kappa shape index (κ3) is 3.81.